The molecule has 0 aliphatic carbocycles. The van der Waals surface area contributed by atoms with Crippen LogP contribution in [0.2, 0.25) is 0 Å². The average molecular weight is 311 g/mol. The van der Waals surface area contributed by atoms with Gasteiger partial charge in [-0.05, 0) is 36.1 Å². The minimum atomic E-state index is 0.315. The molecule has 0 saturated carbocycles. The summed E-state index contributed by atoms with van der Waals surface area (Å²) in [5, 5.41) is 12.7. The highest BCUT2D eigenvalue weighted by molar-refractivity contribution is 5.79. The van der Waals surface area contributed by atoms with E-state index in [1.807, 2.05) is 32.3 Å². The van der Waals surface area contributed by atoms with E-state index in [4.69, 9.17) is 0 Å². The van der Waals surface area contributed by atoms with Crippen LogP contribution in [-0.4, -0.2) is 36.6 Å². The molecule has 0 spiro atoms. The highest BCUT2D eigenvalue weighted by atomic mass is 16.3. The predicted molar refractivity (Wildman–Crippen MR) is 95.7 cm³/mol. The summed E-state index contributed by atoms with van der Waals surface area (Å²) in [5.74, 6) is 1.22. The van der Waals surface area contributed by atoms with Crippen LogP contribution in [0.1, 0.15) is 17.5 Å². The summed E-state index contributed by atoms with van der Waals surface area (Å²) >= 11 is 0. The van der Waals surface area contributed by atoms with E-state index in [0.29, 0.717) is 5.75 Å². The Hall–Kier alpha value is -2.49. The molecule has 122 valence electrons. The standard InChI is InChI=1S/C19H25N3O/c1-20-19(22(2)15-17-7-4-3-5-8-17)21-14-6-9-16-10-12-18(23)13-11-16/h3-5,7-8,10-13,23H,6,9,14-15H2,1-2H3,(H,20,21). The van der Waals surface area contributed by atoms with Gasteiger partial charge in [0.05, 0.1) is 0 Å². The zero-order valence-corrected chi connectivity index (χ0v) is 13.9. The molecule has 0 unspecified atom stereocenters. The third kappa shape index (κ3) is 5.66. The molecule has 0 saturated heterocycles. The van der Waals surface area contributed by atoms with Gasteiger partial charge in [0, 0.05) is 27.2 Å². The number of aromatic hydroxyl groups is 1. The van der Waals surface area contributed by atoms with Crippen molar-refractivity contribution >= 4 is 5.96 Å². The highest BCUT2D eigenvalue weighted by Crippen LogP contribution is 2.10. The molecule has 2 rings (SSSR count). The molecule has 0 fully saturated rings. The molecule has 0 aliphatic heterocycles. The van der Waals surface area contributed by atoms with E-state index in [1.54, 1.807) is 12.1 Å². The van der Waals surface area contributed by atoms with Crippen molar-refractivity contribution < 1.29 is 5.11 Å². The highest BCUT2D eigenvalue weighted by Gasteiger charge is 2.05. The monoisotopic (exact) mass is 311 g/mol. The van der Waals surface area contributed by atoms with Crippen molar-refractivity contribution in [2.24, 2.45) is 4.99 Å². The second-order valence-corrected chi connectivity index (χ2v) is 5.59. The maximum absolute atomic E-state index is 9.28. The Labute approximate surface area is 138 Å². The first-order valence-electron chi connectivity index (χ1n) is 7.92. The number of phenolic OH excluding ortho intramolecular Hbond substituents is 1. The fourth-order valence-electron chi connectivity index (χ4n) is 2.47. The normalized spacial score (nSPS) is 11.3. The topological polar surface area (TPSA) is 47.9 Å². The van der Waals surface area contributed by atoms with Gasteiger partial charge in [-0.3, -0.25) is 4.99 Å². The molecule has 0 aliphatic rings. The number of hydrogen-bond acceptors (Lipinski definition) is 2. The van der Waals surface area contributed by atoms with Crippen LogP contribution in [0.3, 0.4) is 0 Å². The lowest BCUT2D eigenvalue weighted by atomic mass is 10.1. The molecule has 0 atom stereocenters. The molecule has 2 aromatic rings. The number of rotatable bonds is 6. The van der Waals surface area contributed by atoms with Crippen LogP contribution < -0.4 is 5.32 Å². The summed E-state index contributed by atoms with van der Waals surface area (Å²) in [5.41, 5.74) is 2.50. The molecule has 2 aromatic carbocycles. The fraction of sp³-hybridized carbons (Fsp3) is 0.316. The molecular formula is C19H25N3O. The zero-order valence-electron chi connectivity index (χ0n) is 13.9. The molecule has 0 bridgehead atoms. The molecule has 0 amide bonds. The van der Waals surface area contributed by atoms with Crippen LogP contribution >= 0.6 is 0 Å². The van der Waals surface area contributed by atoms with Crippen molar-refractivity contribution in [3.05, 3.63) is 65.7 Å². The second kappa shape index (κ2) is 8.83. The molecule has 4 nitrogen and oxygen atoms in total. The van der Waals surface area contributed by atoms with Crippen LogP contribution in [-0.2, 0) is 13.0 Å². The molecule has 4 heteroatoms. The molecule has 0 heterocycles. The number of guanidine groups is 1. The van der Waals surface area contributed by atoms with Crippen molar-refractivity contribution in [1.82, 2.24) is 10.2 Å². The summed E-state index contributed by atoms with van der Waals surface area (Å²) in [6.07, 6.45) is 2.00. The first kappa shape index (κ1) is 16.9. The maximum Gasteiger partial charge on any atom is 0.193 e. The van der Waals surface area contributed by atoms with E-state index in [0.717, 1.165) is 31.9 Å². The number of hydrogen-bond donors (Lipinski definition) is 2. The average Bonchev–Trinajstić information content (AvgIpc) is 2.57. The van der Waals surface area contributed by atoms with Gasteiger partial charge >= 0.3 is 0 Å². The van der Waals surface area contributed by atoms with Crippen molar-refractivity contribution in [1.29, 1.82) is 0 Å². The van der Waals surface area contributed by atoms with E-state index < -0.39 is 0 Å². The van der Waals surface area contributed by atoms with Crippen molar-refractivity contribution in [3.8, 4) is 5.75 Å². The first-order valence-corrected chi connectivity index (χ1v) is 7.92. The number of aliphatic imine (C=N–C) groups is 1. The van der Waals surface area contributed by atoms with E-state index >= 15 is 0 Å². The number of nitrogens with zero attached hydrogens (tertiary/aromatic N) is 2. The third-order valence-corrected chi connectivity index (χ3v) is 3.70. The van der Waals surface area contributed by atoms with Gasteiger partial charge in [0.25, 0.3) is 0 Å². The summed E-state index contributed by atoms with van der Waals surface area (Å²) < 4.78 is 0. The van der Waals surface area contributed by atoms with Crippen LogP contribution in [0.25, 0.3) is 0 Å². The Morgan fingerprint density at radius 2 is 1.74 bits per heavy atom. The minimum Gasteiger partial charge on any atom is -0.508 e. The Bertz CT molecular complexity index is 608. The lowest BCUT2D eigenvalue weighted by Crippen LogP contribution is -2.38. The van der Waals surface area contributed by atoms with Gasteiger partial charge in [-0.2, -0.15) is 0 Å². The van der Waals surface area contributed by atoms with Gasteiger partial charge in [-0.25, -0.2) is 0 Å². The van der Waals surface area contributed by atoms with Gasteiger partial charge < -0.3 is 15.3 Å². The van der Waals surface area contributed by atoms with Crippen LogP contribution in [0.15, 0.2) is 59.6 Å². The summed E-state index contributed by atoms with van der Waals surface area (Å²) in [6, 6.07) is 17.8. The minimum absolute atomic E-state index is 0.315. The summed E-state index contributed by atoms with van der Waals surface area (Å²) in [7, 11) is 3.85. The smallest absolute Gasteiger partial charge is 0.193 e. The SMILES string of the molecule is CN=C(NCCCc1ccc(O)cc1)N(C)Cc1ccccc1. The van der Waals surface area contributed by atoms with Crippen LogP contribution in [0, 0.1) is 0 Å². The van der Waals surface area contributed by atoms with Crippen LogP contribution in [0.5, 0.6) is 5.75 Å². The van der Waals surface area contributed by atoms with E-state index in [2.05, 4.69) is 39.5 Å². The Morgan fingerprint density at radius 1 is 1.04 bits per heavy atom. The van der Waals surface area contributed by atoms with E-state index in [1.165, 1.54) is 11.1 Å². The largest absolute Gasteiger partial charge is 0.508 e. The first-order chi connectivity index (χ1) is 11.2. The van der Waals surface area contributed by atoms with Gasteiger partial charge in [0.2, 0.25) is 0 Å². The van der Waals surface area contributed by atoms with Gasteiger partial charge in [-0.15, -0.1) is 0 Å². The number of phenols is 1. The lowest BCUT2D eigenvalue weighted by molar-refractivity contribution is 0.474. The molecule has 2 N–H and O–H groups in total. The third-order valence-electron chi connectivity index (χ3n) is 3.70. The Morgan fingerprint density at radius 3 is 2.39 bits per heavy atom. The van der Waals surface area contributed by atoms with Gasteiger partial charge in [-0.1, -0.05) is 42.5 Å². The number of aryl methyl sites for hydroxylation is 1. The Kier molecular flexibility index (Phi) is 6.48. The predicted octanol–water partition coefficient (Wildman–Crippen LogP) is 3.03. The van der Waals surface area contributed by atoms with E-state index in [-0.39, 0.29) is 0 Å². The molecule has 0 aromatic heterocycles. The quantitative estimate of drug-likeness (QED) is 0.490. The molecular weight excluding hydrogens is 286 g/mol. The summed E-state index contributed by atoms with van der Waals surface area (Å²) in [6.45, 7) is 1.70. The Balaban J connectivity index is 1.75. The fourth-order valence-corrected chi connectivity index (χ4v) is 2.47. The number of nitrogens with one attached hydrogen (secondary N) is 1. The number of benzene rings is 2. The van der Waals surface area contributed by atoms with Crippen molar-refractivity contribution in [2.45, 2.75) is 19.4 Å². The zero-order chi connectivity index (χ0) is 16.5. The van der Waals surface area contributed by atoms with Gasteiger partial charge in [0.15, 0.2) is 5.96 Å². The second-order valence-electron chi connectivity index (χ2n) is 5.59. The van der Waals surface area contributed by atoms with Crippen LogP contribution in [0.4, 0.5) is 0 Å². The lowest BCUT2D eigenvalue weighted by Gasteiger charge is -2.22. The van der Waals surface area contributed by atoms with Crippen molar-refractivity contribution in [2.75, 3.05) is 20.6 Å². The van der Waals surface area contributed by atoms with Gasteiger partial charge in [0.1, 0.15) is 5.75 Å². The maximum atomic E-state index is 9.28. The van der Waals surface area contributed by atoms with Crippen molar-refractivity contribution in [3.63, 3.8) is 0 Å². The molecule has 0 radical (unpaired) electrons. The molecule has 23 heavy (non-hydrogen) atoms. The van der Waals surface area contributed by atoms with E-state index in [9.17, 15) is 5.11 Å². The summed E-state index contributed by atoms with van der Waals surface area (Å²) in [4.78, 5) is 6.46.